The highest BCUT2D eigenvalue weighted by atomic mass is 35.5. The second-order valence-electron chi connectivity index (χ2n) is 3.34. The van der Waals surface area contributed by atoms with E-state index in [1.807, 2.05) is 0 Å². The maximum absolute atomic E-state index is 13.0. The van der Waals surface area contributed by atoms with Gasteiger partial charge in [0, 0.05) is 0 Å². The summed E-state index contributed by atoms with van der Waals surface area (Å²) >= 11 is 5.85. The molecule has 2 N–H and O–H groups in total. The first-order valence-corrected chi connectivity index (χ1v) is 5.21. The summed E-state index contributed by atoms with van der Waals surface area (Å²) in [5.41, 5.74) is 0.0704. The average Bonchev–Trinajstić information content (AvgIpc) is 2.34. The predicted octanol–water partition coefficient (Wildman–Crippen LogP) is 2.71. The molecule has 1 aromatic carbocycles. The predicted molar refractivity (Wildman–Crippen MR) is 63.7 cm³/mol. The molecule has 0 aliphatic carbocycles. The highest BCUT2D eigenvalue weighted by Crippen LogP contribution is 2.25. The van der Waals surface area contributed by atoms with Crippen molar-refractivity contribution in [3.63, 3.8) is 0 Å². The van der Waals surface area contributed by atoms with E-state index < -0.39 is 11.8 Å². The molecular formula is C11H7ClFN3O2. The number of aromatic nitrogens is 2. The van der Waals surface area contributed by atoms with Crippen molar-refractivity contribution in [2.75, 3.05) is 5.32 Å². The molecule has 2 rings (SSSR count). The SMILES string of the molecule is O=C(O)c1cncc(Nc2cc(F)ccc2Cl)n1. The Bertz CT molecular complexity index is 607. The number of hydrogen-bond acceptors (Lipinski definition) is 4. The number of hydrogen-bond donors (Lipinski definition) is 2. The van der Waals surface area contributed by atoms with Crippen LogP contribution in [0.1, 0.15) is 10.5 Å². The monoisotopic (exact) mass is 267 g/mol. The van der Waals surface area contributed by atoms with Gasteiger partial charge in [0.2, 0.25) is 0 Å². The van der Waals surface area contributed by atoms with Gasteiger partial charge in [0.1, 0.15) is 11.6 Å². The Morgan fingerprint density at radius 3 is 2.89 bits per heavy atom. The third-order valence-corrected chi connectivity index (χ3v) is 2.37. The van der Waals surface area contributed by atoms with Crippen LogP contribution < -0.4 is 5.32 Å². The van der Waals surface area contributed by atoms with Gasteiger partial charge in [-0.2, -0.15) is 0 Å². The lowest BCUT2D eigenvalue weighted by atomic mass is 10.3. The molecule has 92 valence electrons. The van der Waals surface area contributed by atoms with Crippen molar-refractivity contribution in [2.24, 2.45) is 0 Å². The van der Waals surface area contributed by atoms with Crippen molar-refractivity contribution in [3.05, 3.63) is 47.1 Å². The molecule has 0 amide bonds. The fourth-order valence-electron chi connectivity index (χ4n) is 1.26. The van der Waals surface area contributed by atoms with Crippen LogP contribution in [0.3, 0.4) is 0 Å². The largest absolute Gasteiger partial charge is 0.476 e. The first-order chi connectivity index (χ1) is 8.56. The van der Waals surface area contributed by atoms with Crippen LogP contribution in [0.25, 0.3) is 0 Å². The maximum Gasteiger partial charge on any atom is 0.356 e. The molecule has 0 fully saturated rings. The number of anilines is 2. The number of rotatable bonds is 3. The Kier molecular flexibility index (Phi) is 3.38. The van der Waals surface area contributed by atoms with Crippen molar-refractivity contribution in [2.45, 2.75) is 0 Å². The highest BCUT2D eigenvalue weighted by Gasteiger charge is 2.08. The minimum Gasteiger partial charge on any atom is -0.476 e. The Balaban J connectivity index is 2.31. The fraction of sp³-hybridized carbons (Fsp3) is 0. The van der Waals surface area contributed by atoms with Gasteiger partial charge in [-0.15, -0.1) is 0 Å². The number of nitrogens with one attached hydrogen (secondary N) is 1. The molecule has 0 aliphatic heterocycles. The summed E-state index contributed by atoms with van der Waals surface area (Å²) in [4.78, 5) is 18.2. The van der Waals surface area contributed by atoms with Crippen molar-refractivity contribution in [1.29, 1.82) is 0 Å². The standard InChI is InChI=1S/C11H7ClFN3O2/c12-7-2-1-6(13)3-8(7)15-10-5-14-4-9(16-10)11(17)18/h1-5H,(H,15,16)(H,17,18). The summed E-state index contributed by atoms with van der Waals surface area (Å²) in [6.45, 7) is 0. The Labute approximate surface area is 106 Å². The molecule has 0 atom stereocenters. The van der Waals surface area contributed by atoms with E-state index in [0.717, 1.165) is 6.20 Å². The number of benzene rings is 1. The lowest BCUT2D eigenvalue weighted by Crippen LogP contribution is -2.04. The summed E-state index contributed by atoms with van der Waals surface area (Å²) < 4.78 is 13.0. The first-order valence-electron chi connectivity index (χ1n) is 4.83. The van der Waals surface area contributed by atoms with E-state index >= 15 is 0 Å². The summed E-state index contributed by atoms with van der Waals surface area (Å²) in [5, 5.41) is 11.7. The number of carboxylic acids is 1. The van der Waals surface area contributed by atoms with Crippen LogP contribution in [0, 0.1) is 5.82 Å². The van der Waals surface area contributed by atoms with Gasteiger partial charge in [0.15, 0.2) is 5.69 Å². The lowest BCUT2D eigenvalue weighted by Gasteiger charge is -2.07. The van der Waals surface area contributed by atoms with Crippen molar-refractivity contribution >= 4 is 29.1 Å². The number of halogens is 2. The minimum absolute atomic E-state index is 0.169. The van der Waals surface area contributed by atoms with E-state index in [0.29, 0.717) is 5.02 Å². The molecule has 1 aromatic heterocycles. The minimum atomic E-state index is -1.20. The van der Waals surface area contributed by atoms with Crippen LogP contribution in [-0.2, 0) is 0 Å². The van der Waals surface area contributed by atoms with Crippen LogP contribution in [0.4, 0.5) is 15.9 Å². The van der Waals surface area contributed by atoms with E-state index in [4.69, 9.17) is 16.7 Å². The van der Waals surface area contributed by atoms with E-state index in [-0.39, 0.29) is 17.2 Å². The quantitative estimate of drug-likeness (QED) is 0.894. The average molecular weight is 268 g/mol. The second-order valence-corrected chi connectivity index (χ2v) is 3.75. The van der Waals surface area contributed by atoms with Gasteiger partial charge in [-0.1, -0.05) is 11.6 Å². The molecule has 1 heterocycles. The summed E-state index contributed by atoms with van der Waals surface area (Å²) in [5.74, 6) is -1.50. The Morgan fingerprint density at radius 1 is 1.39 bits per heavy atom. The molecule has 0 saturated heterocycles. The molecule has 0 unspecified atom stereocenters. The Hall–Kier alpha value is -2.21. The topological polar surface area (TPSA) is 75.1 Å². The van der Waals surface area contributed by atoms with E-state index in [2.05, 4.69) is 15.3 Å². The van der Waals surface area contributed by atoms with E-state index in [1.54, 1.807) is 0 Å². The zero-order valence-electron chi connectivity index (χ0n) is 8.89. The molecule has 7 heteroatoms. The van der Waals surface area contributed by atoms with Crippen molar-refractivity contribution in [3.8, 4) is 0 Å². The Morgan fingerprint density at radius 2 is 2.17 bits per heavy atom. The van der Waals surface area contributed by atoms with Gasteiger partial charge in [0.25, 0.3) is 0 Å². The third kappa shape index (κ3) is 2.72. The summed E-state index contributed by atoms with van der Waals surface area (Å²) in [6, 6.07) is 3.78. The molecule has 5 nitrogen and oxygen atoms in total. The number of aromatic carboxylic acids is 1. The van der Waals surface area contributed by atoms with Gasteiger partial charge >= 0.3 is 5.97 Å². The van der Waals surface area contributed by atoms with Crippen LogP contribution in [0.2, 0.25) is 5.02 Å². The lowest BCUT2D eigenvalue weighted by molar-refractivity contribution is 0.0690. The molecule has 2 aromatic rings. The molecular weight excluding hydrogens is 261 g/mol. The van der Waals surface area contributed by atoms with Crippen LogP contribution in [-0.4, -0.2) is 21.0 Å². The summed E-state index contributed by atoms with van der Waals surface area (Å²) in [6.07, 6.45) is 2.42. The molecule has 0 aliphatic rings. The summed E-state index contributed by atoms with van der Waals surface area (Å²) in [7, 11) is 0. The zero-order valence-corrected chi connectivity index (χ0v) is 9.65. The molecule has 0 bridgehead atoms. The van der Waals surface area contributed by atoms with Gasteiger partial charge in [-0.3, -0.25) is 4.98 Å². The van der Waals surface area contributed by atoms with Crippen molar-refractivity contribution < 1.29 is 14.3 Å². The number of carbonyl (C=O) groups is 1. The fourth-order valence-corrected chi connectivity index (χ4v) is 1.43. The normalized spacial score (nSPS) is 10.1. The first kappa shape index (κ1) is 12.3. The highest BCUT2D eigenvalue weighted by molar-refractivity contribution is 6.33. The van der Waals surface area contributed by atoms with Crippen LogP contribution >= 0.6 is 11.6 Å². The molecule has 0 radical (unpaired) electrons. The van der Waals surface area contributed by atoms with Gasteiger partial charge in [-0.25, -0.2) is 14.2 Å². The maximum atomic E-state index is 13.0. The van der Waals surface area contributed by atoms with Gasteiger partial charge in [-0.05, 0) is 18.2 Å². The van der Waals surface area contributed by atoms with Crippen LogP contribution in [0.15, 0.2) is 30.6 Å². The van der Waals surface area contributed by atoms with Gasteiger partial charge < -0.3 is 10.4 Å². The molecule has 0 spiro atoms. The number of carboxylic acid groups (broad SMARTS) is 1. The third-order valence-electron chi connectivity index (χ3n) is 2.04. The van der Waals surface area contributed by atoms with Crippen molar-refractivity contribution in [1.82, 2.24) is 9.97 Å². The van der Waals surface area contributed by atoms with Crippen LogP contribution in [0.5, 0.6) is 0 Å². The molecule has 0 saturated carbocycles. The van der Waals surface area contributed by atoms with E-state index in [9.17, 15) is 9.18 Å². The zero-order chi connectivity index (χ0) is 13.1. The smallest absolute Gasteiger partial charge is 0.356 e. The number of nitrogens with zero attached hydrogens (tertiary/aromatic N) is 2. The van der Waals surface area contributed by atoms with E-state index in [1.165, 1.54) is 24.4 Å². The molecule has 18 heavy (non-hydrogen) atoms. The second kappa shape index (κ2) is 4.97. The van der Waals surface area contributed by atoms with Gasteiger partial charge in [0.05, 0.1) is 23.1 Å².